The highest BCUT2D eigenvalue weighted by Crippen LogP contribution is 2.44. The van der Waals surface area contributed by atoms with Crippen LogP contribution >= 0.6 is 0 Å². The van der Waals surface area contributed by atoms with Gasteiger partial charge < -0.3 is 19.3 Å². The Morgan fingerprint density at radius 1 is 1.17 bits per heavy atom. The molecule has 0 amide bonds. The number of benzene rings is 1. The first kappa shape index (κ1) is 16.7. The zero-order valence-corrected chi connectivity index (χ0v) is 14.4. The van der Waals surface area contributed by atoms with E-state index in [1.807, 2.05) is 6.92 Å². The molecule has 4 heteroatoms. The number of aliphatic hydroxyl groups is 1. The van der Waals surface area contributed by atoms with Crippen molar-refractivity contribution in [2.45, 2.75) is 57.3 Å². The lowest BCUT2D eigenvalue weighted by Gasteiger charge is -2.43. The van der Waals surface area contributed by atoms with Crippen molar-refractivity contribution in [2.24, 2.45) is 5.92 Å². The highest BCUT2D eigenvalue weighted by molar-refractivity contribution is 5.36. The SMILES string of the molecule is COc1cc(CC(C)C2(O)CCC3(CC2)OCCO3)ccc1C. The maximum absolute atomic E-state index is 11.1. The van der Waals surface area contributed by atoms with Gasteiger partial charge in [0.25, 0.3) is 0 Å². The summed E-state index contributed by atoms with van der Waals surface area (Å²) in [6, 6.07) is 6.30. The highest BCUT2D eigenvalue weighted by atomic mass is 16.7. The second kappa shape index (κ2) is 6.42. The third-order valence-electron chi connectivity index (χ3n) is 5.62. The van der Waals surface area contributed by atoms with Gasteiger partial charge in [-0.2, -0.15) is 0 Å². The first-order valence-corrected chi connectivity index (χ1v) is 8.60. The molecule has 1 aromatic rings. The summed E-state index contributed by atoms with van der Waals surface area (Å²) in [5.41, 5.74) is 1.71. The van der Waals surface area contributed by atoms with Crippen LogP contribution in [0.1, 0.15) is 43.7 Å². The van der Waals surface area contributed by atoms with Gasteiger partial charge in [-0.3, -0.25) is 0 Å². The van der Waals surface area contributed by atoms with E-state index in [9.17, 15) is 5.11 Å². The summed E-state index contributed by atoms with van der Waals surface area (Å²) in [4.78, 5) is 0. The van der Waals surface area contributed by atoms with Crippen LogP contribution in [0.25, 0.3) is 0 Å². The third kappa shape index (κ3) is 3.39. The van der Waals surface area contributed by atoms with Crippen molar-refractivity contribution in [2.75, 3.05) is 20.3 Å². The van der Waals surface area contributed by atoms with E-state index >= 15 is 0 Å². The van der Waals surface area contributed by atoms with Crippen molar-refractivity contribution in [1.82, 2.24) is 0 Å². The van der Waals surface area contributed by atoms with Crippen LogP contribution in [0.4, 0.5) is 0 Å². The van der Waals surface area contributed by atoms with Crippen LogP contribution in [0, 0.1) is 12.8 Å². The van der Waals surface area contributed by atoms with Crippen LogP contribution in [0.3, 0.4) is 0 Å². The summed E-state index contributed by atoms with van der Waals surface area (Å²) >= 11 is 0. The van der Waals surface area contributed by atoms with E-state index in [0.29, 0.717) is 13.2 Å². The average molecular weight is 320 g/mol. The van der Waals surface area contributed by atoms with E-state index in [0.717, 1.165) is 43.4 Å². The van der Waals surface area contributed by atoms with Gasteiger partial charge in [-0.05, 0) is 49.3 Å². The molecule has 1 saturated carbocycles. The fourth-order valence-electron chi connectivity index (χ4n) is 3.88. The molecule has 0 aromatic heterocycles. The second-order valence-electron chi connectivity index (χ2n) is 7.12. The molecule has 3 rings (SSSR count). The number of ether oxygens (including phenoxy) is 3. The lowest BCUT2D eigenvalue weighted by Crippen LogP contribution is -2.47. The zero-order valence-electron chi connectivity index (χ0n) is 14.4. The first-order chi connectivity index (χ1) is 11.0. The molecule has 2 aliphatic rings. The minimum absolute atomic E-state index is 0.189. The standard InChI is InChI=1S/C19H28O4/c1-14-4-5-16(13-17(14)21-3)12-15(2)18(20)6-8-19(9-7-18)22-10-11-23-19/h4-5,13,15,20H,6-12H2,1-3H3. The molecule has 23 heavy (non-hydrogen) atoms. The van der Waals surface area contributed by atoms with Crippen molar-refractivity contribution in [3.63, 3.8) is 0 Å². The van der Waals surface area contributed by atoms with Gasteiger partial charge in [0.1, 0.15) is 5.75 Å². The molecular formula is C19H28O4. The van der Waals surface area contributed by atoms with E-state index in [-0.39, 0.29) is 5.92 Å². The van der Waals surface area contributed by atoms with Gasteiger partial charge in [0.2, 0.25) is 0 Å². The van der Waals surface area contributed by atoms with Crippen molar-refractivity contribution in [3.8, 4) is 5.75 Å². The largest absolute Gasteiger partial charge is 0.496 e. The first-order valence-electron chi connectivity index (χ1n) is 8.60. The van der Waals surface area contributed by atoms with Gasteiger partial charge in [0.05, 0.1) is 25.9 Å². The molecule has 1 unspecified atom stereocenters. The Balaban J connectivity index is 1.64. The van der Waals surface area contributed by atoms with E-state index in [2.05, 4.69) is 25.1 Å². The van der Waals surface area contributed by atoms with Crippen LogP contribution in [-0.2, 0) is 15.9 Å². The smallest absolute Gasteiger partial charge is 0.168 e. The molecule has 1 aliphatic heterocycles. The van der Waals surface area contributed by atoms with Crippen molar-refractivity contribution < 1.29 is 19.3 Å². The zero-order chi connectivity index (χ0) is 16.5. The van der Waals surface area contributed by atoms with E-state index in [1.54, 1.807) is 7.11 Å². The van der Waals surface area contributed by atoms with Crippen LogP contribution in [-0.4, -0.2) is 36.8 Å². The Bertz CT molecular complexity index is 538. The van der Waals surface area contributed by atoms with Gasteiger partial charge in [-0.1, -0.05) is 19.1 Å². The Morgan fingerprint density at radius 2 is 1.83 bits per heavy atom. The molecule has 1 saturated heterocycles. The summed E-state index contributed by atoms with van der Waals surface area (Å²) in [5.74, 6) is 0.685. The van der Waals surface area contributed by atoms with Gasteiger partial charge in [0.15, 0.2) is 5.79 Å². The van der Waals surface area contributed by atoms with Gasteiger partial charge in [-0.15, -0.1) is 0 Å². The lowest BCUT2D eigenvalue weighted by molar-refractivity contribution is -0.209. The predicted molar refractivity (Wildman–Crippen MR) is 88.7 cm³/mol. The molecule has 1 spiro atoms. The minimum Gasteiger partial charge on any atom is -0.496 e. The maximum atomic E-state index is 11.1. The number of methoxy groups -OCH3 is 1. The fraction of sp³-hybridized carbons (Fsp3) is 0.684. The number of hydrogen-bond acceptors (Lipinski definition) is 4. The number of hydrogen-bond donors (Lipinski definition) is 1. The summed E-state index contributed by atoms with van der Waals surface area (Å²) in [7, 11) is 1.70. The van der Waals surface area contributed by atoms with Crippen LogP contribution in [0.15, 0.2) is 18.2 Å². The number of aryl methyl sites for hydroxylation is 1. The molecule has 2 fully saturated rings. The topological polar surface area (TPSA) is 47.9 Å². The van der Waals surface area contributed by atoms with E-state index in [1.165, 1.54) is 5.56 Å². The van der Waals surface area contributed by atoms with Crippen LogP contribution < -0.4 is 4.74 Å². The normalized spacial score (nSPS) is 23.8. The second-order valence-corrected chi connectivity index (χ2v) is 7.12. The average Bonchev–Trinajstić information content (AvgIpc) is 3.01. The minimum atomic E-state index is -0.640. The monoisotopic (exact) mass is 320 g/mol. The Hall–Kier alpha value is -1.10. The fourth-order valence-corrected chi connectivity index (χ4v) is 3.88. The molecular weight excluding hydrogens is 292 g/mol. The van der Waals surface area contributed by atoms with Gasteiger partial charge >= 0.3 is 0 Å². The van der Waals surface area contributed by atoms with E-state index in [4.69, 9.17) is 14.2 Å². The number of rotatable bonds is 4. The maximum Gasteiger partial charge on any atom is 0.168 e. The molecule has 128 valence electrons. The summed E-state index contributed by atoms with van der Waals surface area (Å²) < 4.78 is 16.9. The van der Waals surface area contributed by atoms with E-state index < -0.39 is 11.4 Å². The predicted octanol–water partition coefficient (Wildman–Crippen LogP) is 3.23. The summed E-state index contributed by atoms with van der Waals surface area (Å²) in [6.07, 6.45) is 3.88. The molecule has 1 aromatic carbocycles. The lowest BCUT2D eigenvalue weighted by atomic mass is 9.72. The molecule has 1 N–H and O–H groups in total. The molecule has 0 bridgehead atoms. The van der Waals surface area contributed by atoms with Gasteiger partial charge in [0, 0.05) is 12.8 Å². The molecule has 1 heterocycles. The van der Waals surface area contributed by atoms with Crippen LogP contribution in [0.2, 0.25) is 0 Å². The molecule has 1 atom stereocenters. The Labute approximate surface area is 138 Å². The summed E-state index contributed by atoms with van der Waals surface area (Å²) in [6.45, 7) is 5.54. The Kier molecular flexibility index (Phi) is 4.68. The highest BCUT2D eigenvalue weighted by Gasteiger charge is 2.47. The van der Waals surface area contributed by atoms with Crippen molar-refractivity contribution in [1.29, 1.82) is 0 Å². The van der Waals surface area contributed by atoms with Crippen LogP contribution in [0.5, 0.6) is 5.75 Å². The summed E-state index contributed by atoms with van der Waals surface area (Å²) in [5, 5.41) is 11.1. The quantitative estimate of drug-likeness (QED) is 0.925. The third-order valence-corrected chi connectivity index (χ3v) is 5.62. The molecule has 4 nitrogen and oxygen atoms in total. The molecule has 1 aliphatic carbocycles. The molecule has 0 radical (unpaired) electrons. The van der Waals surface area contributed by atoms with Gasteiger partial charge in [-0.25, -0.2) is 0 Å². The van der Waals surface area contributed by atoms with Crippen molar-refractivity contribution in [3.05, 3.63) is 29.3 Å². The van der Waals surface area contributed by atoms with Crippen molar-refractivity contribution >= 4 is 0 Å². The Morgan fingerprint density at radius 3 is 2.43 bits per heavy atom.